The molecule has 0 N–H and O–H groups in total. The molecule has 0 aromatic rings. The predicted octanol–water partition coefficient (Wildman–Crippen LogP) is -2.57. The third-order valence-corrected chi connectivity index (χ3v) is 0.0913. The summed E-state index contributed by atoms with van der Waals surface area (Å²) in [7, 11) is 0. The van der Waals surface area contributed by atoms with Crippen molar-refractivity contribution in [1.29, 1.82) is 5.26 Å². The van der Waals surface area contributed by atoms with Gasteiger partial charge in [-0.1, -0.05) is 6.58 Å². The molecule has 0 heterocycles. The van der Waals surface area contributed by atoms with Crippen molar-refractivity contribution in [2.24, 2.45) is 0 Å². The van der Waals surface area contributed by atoms with Crippen LogP contribution in [-0.2, 0) is 13.5 Å². The number of thiol groups is 1. The Morgan fingerprint density at radius 3 is 1.83 bits per heavy atom. The summed E-state index contributed by atoms with van der Waals surface area (Å²) in [5.74, 6) is 0. The minimum atomic E-state index is 0. The van der Waals surface area contributed by atoms with Crippen LogP contribution < -0.4 is 29.6 Å². The molecule has 0 bridgehead atoms. The molecule has 0 radical (unpaired) electrons. The summed E-state index contributed by atoms with van der Waals surface area (Å²) in [6, 6.07) is 1.69. The van der Waals surface area contributed by atoms with E-state index in [1.165, 1.54) is 6.08 Å². The van der Waals surface area contributed by atoms with Gasteiger partial charge in [-0.2, -0.15) is 5.26 Å². The van der Waals surface area contributed by atoms with Crippen molar-refractivity contribution in [1.82, 2.24) is 0 Å². The molecule has 0 rings (SSSR count). The smallest absolute Gasteiger partial charge is 0.813 e. The van der Waals surface area contributed by atoms with Crippen molar-refractivity contribution >= 4 is 13.5 Å². The van der Waals surface area contributed by atoms with Gasteiger partial charge >= 0.3 is 29.6 Å². The van der Waals surface area contributed by atoms with E-state index in [0.29, 0.717) is 0 Å². The Kier molecular flexibility index (Phi) is 46.8. The molecule has 0 aromatic heterocycles. The van der Waals surface area contributed by atoms with Crippen molar-refractivity contribution in [3.8, 4) is 6.07 Å². The first kappa shape index (κ1) is 16.0. The van der Waals surface area contributed by atoms with Crippen LogP contribution in [0.3, 0.4) is 0 Å². The van der Waals surface area contributed by atoms with Crippen molar-refractivity contribution in [3.63, 3.8) is 0 Å². The molecule has 6 heavy (non-hydrogen) atoms. The Morgan fingerprint density at radius 1 is 1.67 bits per heavy atom. The van der Waals surface area contributed by atoms with Gasteiger partial charge in [-0.25, -0.2) is 0 Å². The molecule has 0 saturated carbocycles. The number of nitrogens with zero attached hydrogens (tertiary/aromatic N) is 1. The summed E-state index contributed by atoms with van der Waals surface area (Å²) in [5, 5.41) is 7.51. The molecule has 0 fully saturated rings. The average molecular weight is 109 g/mol. The Bertz CT molecular complexity index is 56.3. The normalized spacial score (nSPS) is 2.50. The summed E-state index contributed by atoms with van der Waals surface area (Å²) in [6.45, 7) is 3.12. The molecule has 0 aromatic carbocycles. The van der Waals surface area contributed by atoms with Crippen molar-refractivity contribution in [2.75, 3.05) is 0 Å². The predicted molar refractivity (Wildman–Crippen MR) is 24.6 cm³/mol. The van der Waals surface area contributed by atoms with E-state index in [2.05, 4.69) is 6.58 Å². The SMILES string of the molecule is C=CC#N.[Na+].[SH-]. The second-order valence-corrected chi connectivity index (χ2v) is 0.333. The fraction of sp³-hybridized carbons (Fsp3) is 0. The van der Waals surface area contributed by atoms with Gasteiger partial charge in [0.15, 0.2) is 0 Å². The molecule has 1 nitrogen and oxygen atoms in total. The zero-order chi connectivity index (χ0) is 3.41. The maximum Gasteiger partial charge on any atom is 1.00 e. The minimum Gasteiger partial charge on any atom is -0.813 e. The van der Waals surface area contributed by atoms with Crippen molar-refractivity contribution in [2.45, 2.75) is 0 Å². The number of hydrogen-bond acceptors (Lipinski definition) is 2. The van der Waals surface area contributed by atoms with Crippen LogP contribution in [0.2, 0.25) is 0 Å². The first-order chi connectivity index (χ1) is 1.91. The maximum absolute atomic E-state index is 7.51. The van der Waals surface area contributed by atoms with Gasteiger partial charge in [0.2, 0.25) is 0 Å². The van der Waals surface area contributed by atoms with E-state index >= 15 is 0 Å². The molecule has 28 valence electrons. The van der Waals surface area contributed by atoms with Gasteiger partial charge in [-0.3, -0.25) is 0 Å². The maximum atomic E-state index is 7.51. The standard InChI is InChI=1S/C3H3N.Na.H2S/c1-2-3-4;;/h2H,1H2;;1H2/q;+1;/p-1. The summed E-state index contributed by atoms with van der Waals surface area (Å²) in [6.07, 6.45) is 1.18. The molecule has 0 atom stereocenters. The number of hydrogen-bond donors (Lipinski definition) is 0. The fourth-order valence-electron chi connectivity index (χ4n) is 0. The average Bonchev–Trinajstić information content (AvgIpc) is 1.37. The summed E-state index contributed by atoms with van der Waals surface area (Å²) in [5.41, 5.74) is 0. The second-order valence-electron chi connectivity index (χ2n) is 0.333. The zero-order valence-corrected chi connectivity index (χ0v) is 6.57. The fourth-order valence-corrected chi connectivity index (χ4v) is 0. The summed E-state index contributed by atoms with van der Waals surface area (Å²) >= 11 is 0. The van der Waals surface area contributed by atoms with Gasteiger partial charge in [0.25, 0.3) is 0 Å². The van der Waals surface area contributed by atoms with E-state index < -0.39 is 0 Å². The summed E-state index contributed by atoms with van der Waals surface area (Å²) in [4.78, 5) is 0. The van der Waals surface area contributed by atoms with Crippen LogP contribution in [0.4, 0.5) is 0 Å². The van der Waals surface area contributed by atoms with Crippen LogP contribution in [0, 0.1) is 11.3 Å². The van der Waals surface area contributed by atoms with Gasteiger partial charge < -0.3 is 13.5 Å². The van der Waals surface area contributed by atoms with E-state index in [1.807, 2.05) is 0 Å². The first-order valence-electron chi connectivity index (χ1n) is 0.921. The van der Waals surface area contributed by atoms with Crippen LogP contribution in [0.1, 0.15) is 0 Å². The van der Waals surface area contributed by atoms with Crippen LogP contribution in [0.15, 0.2) is 12.7 Å². The minimum absolute atomic E-state index is 0. The molecule has 0 aliphatic heterocycles. The van der Waals surface area contributed by atoms with Crippen molar-refractivity contribution in [3.05, 3.63) is 12.7 Å². The molecule has 0 aliphatic rings. The Morgan fingerprint density at radius 2 is 1.83 bits per heavy atom. The molecular weight excluding hydrogens is 105 g/mol. The van der Waals surface area contributed by atoms with Gasteiger partial charge in [-0.05, 0) is 0 Å². The summed E-state index contributed by atoms with van der Waals surface area (Å²) < 4.78 is 0. The van der Waals surface area contributed by atoms with Gasteiger partial charge in [0.1, 0.15) is 0 Å². The molecule has 3 heteroatoms. The number of allylic oxidation sites excluding steroid dienone is 1. The third-order valence-electron chi connectivity index (χ3n) is 0.0913. The molecular formula is C3H4NNaS. The van der Waals surface area contributed by atoms with E-state index in [-0.39, 0.29) is 43.1 Å². The Hall–Kier alpha value is 0.580. The van der Waals surface area contributed by atoms with E-state index in [4.69, 9.17) is 5.26 Å². The van der Waals surface area contributed by atoms with Crippen LogP contribution in [-0.4, -0.2) is 0 Å². The van der Waals surface area contributed by atoms with Crippen LogP contribution >= 0.6 is 0 Å². The largest absolute Gasteiger partial charge is 1.00 e. The quantitative estimate of drug-likeness (QED) is 0.148. The van der Waals surface area contributed by atoms with Crippen LogP contribution in [0.25, 0.3) is 0 Å². The topological polar surface area (TPSA) is 23.8 Å². The van der Waals surface area contributed by atoms with E-state index in [0.717, 1.165) is 0 Å². The second kappa shape index (κ2) is 17.6. The monoisotopic (exact) mass is 109 g/mol. The number of nitriles is 1. The van der Waals surface area contributed by atoms with Gasteiger partial charge in [0.05, 0.1) is 6.07 Å². The van der Waals surface area contributed by atoms with Crippen molar-refractivity contribution < 1.29 is 29.6 Å². The molecule has 0 unspecified atom stereocenters. The third kappa shape index (κ3) is 23.5. The van der Waals surface area contributed by atoms with E-state index in [9.17, 15) is 0 Å². The van der Waals surface area contributed by atoms with Crippen LogP contribution in [0.5, 0.6) is 0 Å². The Labute approximate surface area is 66.8 Å². The molecule has 0 spiro atoms. The van der Waals surface area contributed by atoms with E-state index in [1.54, 1.807) is 6.07 Å². The molecule has 0 saturated heterocycles. The first-order valence-corrected chi connectivity index (χ1v) is 0.921. The van der Waals surface area contributed by atoms with Gasteiger partial charge in [0, 0.05) is 6.08 Å². The molecule has 0 aliphatic carbocycles. The van der Waals surface area contributed by atoms with Gasteiger partial charge in [-0.15, -0.1) is 0 Å². The molecule has 0 amide bonds. The Balaban J connectivity index is -0.0000000450. The zero-order valence-electron chi connectivity index (χ0n) is 3.68. The number of rotatable bonds is 0.